The van der Waals surface area contributed by atoms with Gasteiger partial charge in [0.05, 0.1) is 11.3 Å². The molecular formula is C12H6F2N2. The van der Waals surface area contributed by atoms with E-state index in [1.165, 1.54) is 12.3 Å². The molecule has 16 heavy (non-hydrogen) atoms. The Morgan fingerprint density at radius 2 is 1.94 bits per heavy atom. The average Bonchev–Trinajstić information content (AvgIpc) is 2.32. The maximum Gasteiger partial charge on any atom is 0.159 e. The number of halogens is 2. The number of hydrogen-bond acceptors (Lipinski definition) is 2. The van der Waals surface area contributed by atoms with Crippen LogP contribution < -0.4 is 0 Å². The van der Waals surface area contributed by atoms with Crippen LogP contribution in [0.3, 0.4) is 0 Å². The molecule has 0 aliphatic rings. The maximum absolute atomic E-state index is 13.0. The van der Waals surface area contributed by atoms with E-state index in [1.807, 2.05) is 6.07 Å². The van der Waals surface area contributed by atoms with Crippen LogP contribution in [0.2, 0.25) is 0 Å². The van der Waals surface area contributed by atoms with E-state index in [4.69, 9.17) is 5.26 Å². The first-order chi connectivity index (χ1) is 7.72. The summed E-state index contributed by atoms with van der Waals surface area (Å²) in [5, 5.41) is 8.85. The standard InChI is InChI=1S/C12H6F2N2/c13-10-4-3-8(6-11(10)14)12-9(7-15)2-1-5-16-12/h1-6H. The van der Waals surface area contributed by atoms with Crippen LogP contribution in [0, 0.1) is 23.0 Å². The average molecular weight is 216 g/mol. The molecule has 0 unspecified atom stereocenters. The van der Waals surface area contributed by atoms with E-state index in [0.717, 1.165) is 12.1 Å². The lowest BCUT2D eigenvalue weighted by atomic mass is 10.1. The van der Waals surface area contributed by atoms with Gasteiger partial charge in [-0.05, 0) is 30.3 Å². The van der Waals surface area contributed by atoms with Crippen LogP contribution in [0.25, 0.3) is 11.3 Å². The highest BCUT2D eigenvalue weighted by atomic mass is 19.2. The molecule has 0 aliphatic carbocycles. The van der Waals surface area contributed by atoms with Crippen LogP contribution in [0.15, 0.2) is 36.5 Å². The fourth-order valence-electron chi connectivity index (χ4n) is 1.37. The molecule has 2 rings (SSSR count). The Morgan fingerprint density at radius 1 is 1.12 bits per heavy atom. The van der Waals surface area contributed by atoms with Crippen molar-refractivity contribution in [3.05, 3.63) is 53.7 Å². The molecule has 78 valence electrons. The lowest BCUT2D eigenvalue weighted by molar-refractivity contribution is 0.509. The summed E-state index contributed by atoms with van der Waals surface area (Å²) in [6.45, 7) is 0. The Morgan fingerprint density at radius 3 is 2.62 bits per heavy atom. The highest BCUT2D eigenvalue weighted by Crippen LogP contribution is 2.22. The maximum atomic E-state index is 13.0. The summed E-state index contributed by atoms with van der Waals surface area (Å²) in [7, 11) is 0. The summed E-state index contributed by atoms with van der Waals surface area (Å²) in [5.74, 6) is -1.87. The molecule has 0 bridgehead atoms. The van der Waals surface area contributed by atoms with Crippen molar-refractivity contribution in [3.63, 3.8) is 0 Å². The zero-order valence-electron chi connectivity index (χ0n) is 8.11. The van der Waals surface area contributed by atoms with Crippen LogP contribution in [0.4, 0.5) is 8.78 Å². The second-order valence-corrected chi connectivity index (χ2v) is 3.14. The summed E-state index contributed by atoms with van der Waals surface area (Å²) in [6, 6.07) is 8.57. The summed E-state index contributed by atoms with van der Waals surface area (Å²) in [5.41, 5.74) is 1.06. The predicted molar refractivity (Wildman–Crippen MR) is 54.3 cm³/mol. The molecule has 1 heterocycles. The largest absolute Gasteiger partial charge is 0.255 e. The molecule has 4 heteroatoms. The van der Waals surface area contributed by atoms with Crippen molar-refractivity contribution in [1.82, 2.24) is 4.98 Å². The van der Waals surface area contributed by atoms with E-state index in [9.17, 15) is 8.78 Å². The quantitative estimate of drug-likeness (QED) is 0.734. The number of aromatic nitrogens is 1. The third kappa shape index (κ3) is 1.75. The molecule has 0 saturated carbocycles. The first-order valence-corrected chi connectivity index (χ1v) is 4.53. The van der Waals surface area contributed by atoms with Crippen LogP contribution in [-0.2, 0) is 0 Å². The van der Waals surface area contributed by atoms with Crippen molar-refractivity contribution in [2.45, 2.75) is 0 Å². The molecule has 0 atom stereocenters. The minimum absolute atomic E-state index is 0.327. The number of benzene rings is 1. The van der Waals surface area contributed by atoms with Gasteiger partial charge in [0.15, 0.2) is 11.6 Å². The SMILES string of the molecule is N#Cc1cccnc1-c1ccc(F)c(F)c1. The summed E-state index contributed by atoms with van der Waals surface area (Å²) in [6.07, 6.45) is 1.50. The van der Waals surface area contributed by atoms with Gasteiger partial charge in [-0.25, -0.2) is 8.78 Å². The molecule has 1 aromatic carbocycles. The minimum Gasteiger partial charge on any atom is -0.255 e. The Balaban J connectivity index is 2.60. The Labute approximate surface area is 90.8 Å². The molecule has 0 N–H and O–H groups in total. The van der Waals surface area contributed by atoms with Crippen molar-refractivity contribution in [2.24, 2.45) is 0 Å². The van der Waals surface area contributed by atoms with E-state index in [0.29, 0.717) is 16.8 Å². The van der Waals surface area contributed by atoms with Gasteiger partial charge in [0.1, 0.15) is 6.07 Å². The predicted octanol–water partition coefficient (Wildman–Crippen LogP) is 2.90. The molecule has 0 saturated heterocycles. The second-order valence-electron chi connectivity index (χ2n) is 3.14. The normalized spacial score (nSPS) is 9.81. The summed E-state index contributed by atoms with van der Waals surface area (Å²) < 4.78 is 25.8. The Bertz CT molecular complexity index is 573. The molecule has 0 radical (unpaired) electrons. The number of pyridine rings is 1. The van der Waals surface area contributed by atoms with Crippen LogP contribution in [0.5, 0.6) is 0 Å². The van der Waals surface area contributed by atoms with Gasteiger partial charge in [0.25, 0.3) is 0 Å². The molecule has 2 aromatic rings. The number of hydrogen-bond donors (Lipinski definition) is 0. The van der Waals surface area contributed by atoms with E-state index >= 15 is 0 Å². The van der Waals surface area contributed by atoms with Crippen LogP contribution in [-0.4, -0.2) is 4.98 Å². The monoisotopic (exact) mass is 216 g/mol. The zero-order chi connectivity index (χ0) is 11.5. The molecule has 0 amide bonds. The van der Waals surface area contributed by atoms with Crippen molar-refractivity contribution in [1.29, 1.82) is 5.26 Å². The third-order valence-corrected chi connectivity index (χ3v) is 2.12. The van der Waals surface area contributed by atoms with Crippen LogP contribution in [0.1, 0.15) is 5.56 Å². The van der Waals surface area contributed by atoms with Crippen molar-refractivity contribution in [2.75, 3.05) is 0 Å². The van der Waals surface area contributed by atoms with Crippen molar-refractivity contribution in [3.8, 4) is 17.3 Å². The van der Waals surface area contributed by atoms with Gasteiger partial charge in [0, 0.05) is 11.8 Å². The van der Waals surface area contributed by atoms with E-state index < -0.39 is 11.6 Å². The molecule has 0 spiro atoms. The van der Waals surface area contributed by atoms with E-state index in [1.54, 1.807) is 12.1 Å². The van der Waals surface area contributed by atoms with Gasteiger partial charge in [-0.2, -0.15) is 5.26 Å². The molecule has 0 fully saturated rings. The van der Waals surface area contributed by atoms with Gasteiger partial charge < -0.3 is 0 Å². The smallest absolute Gasteiger partial charge is 0.159 e. The van der Waals surface area contributed by atoms with Crippen molar-refractivity contribution >= 4 is 0 Å². The molecule has 1 aromatic heterocycles. The fraction of sp³-hybridized carbons (Fsp3) is 0. The Kier molecular flexibility index (Phi) is 2.61. The first kappa shape index (κ1) is 10.2. The van der Waals surface area contributed by atoms with Gasteiger partial charge in [-0.3, -0.25) is 4.98 Å². The topological polar surface area (TPSA) is 36.7 Å². The molecule has 2 nitrogen and oxygen atoms in total. The lowest BCUT2D eigenvalue weighted by Crippen LogP contribution is -1.90. The van der Waals surface area contributed by atoms with Gasteiger partial charge in [-0.1, -0.05) is 0 Å². The van der Waals surface area contributed by atoms with Crippen LogP contribution >= 0.6 is 0 Å². The number of nitriles is 1. The summed E-state index contributed by atoms with van der Waals surface area (Å²) in [4.78, 5) is 3.98. The fourth-order valence-corrected chi connectivity index (χ4v) is 1.37. The van der Waals surface area contributed by atoms with E-state index in [-0.39, 0.29) is 0 Å². The third-order valence-electron chi connectivity index (χ3n) is 2.12. The first-order valence-electron chi connectivity index (χ1n) is 4.53. The Hall–Kier alpha value is -2.28. The molecule has 0 aliphatic heterocycles. The van der Waals surface area contributed by atoms with Gasteiger partial charge in [-0.15, -0.1) is 0 Å². The molecular weight excluding hydrogens is 210 g/mol. The number of nitrogens with zero attached hydrogens (tertiary/aromatic N) is 2. The van der Waals surface area contributed by atoms with Gasteiger partial charge >= 0.3 is 0 Å². The minimum atomic E-state index is -0.952. The summed E-state index contributed by atoms with van der Waals surface area (Å²) >= 11 is 0. The highest BCUT2D eigenvalue weighted by molar-refractivity contribution is 5.66. The van der Waals surface area contributed by atoms with E-state index in [2.05, 4.69) is 4.98 Å². The lowest BCUT2D eigenvalue weighted by Gasteiger charge is -2.02. The van der Waals surface area contributed by atoms with Crippen molar-refractivity contribution < 1.29 is 8.78 Å². The number of rotatable bonds is 1. The second kappa shape index (κ2) is 4.07. The van der Waals surface area contributed by atoms with Gasteiger partial charge in [0.2, 0.25) is 0 Å². The zero-order valence-corrected chi connectivity index (χ0v) is 8.11. The highest BCUT2D eigenvalue weighted by Gasteiger charge is 2.08.